The van der Waals surface area contributed by atoms with E-state index in [1.165, 1.54) is 6.07 Å². The highest BCUT2D eigenvalue weighted by Crippen LogP contribution is 2.21. The second kappa shape index (κ2) is 6.87. The second-order valence-electron chi connectivity index (χ2n) is 4.88. The van der Waals surface area contributed by atoms with Gasteiger partial charge in [-0.25, -0.2) is 13.8 Å². The van der Waals surface area contributed by atoms with E-state index in [1.807, 2.05) is 0 Å². The van der Waals surface area contributed by atoms with Crippen molar-refractivity contribution in [3.05, 3.63) is 84.1 Å². The van der Waals surface area contributed by atoms with E-state index in [9.17, 15) is 13.6 Å². The minimum Gasteiger partial charge on any atom is -0.439 e. The number of aromatic nitrogens is 1. The lowest BCUT2D eigenvalue weighted by molar-refractivity contribution is 0.102. The molecule has 0 spiro atoms. The van der Waals surface area contributed by atoms with E-state index in [1.54, 1.807) is 42.6 Å². The molecule has 4 nitrogen and oxygen atoms in total. The van der Waals surface area contributed by atoms with Gasteiger partial charge in [-0.2, -0.15) is 0 Å². The van der Waals surface area contributed by atoms with Crippen LogP contribution in [-0.2, 0) is 0 Å². The van der Waals surface area contributed by atoms with Gasteiger partial charge < -0.3 is 10.1 Å². The Morgan fingerprint density at radius 2 is 1.88 bits per heavy atom. The monoisotopic (exact) mass is 326 g/mol. The first-order valence-corrected chi connectivity index (χ1v) is 7.07. The van der Waals surface area contributed by atoms with Gasteiger partial charge in [0.25, 0.3) is 5.91 Å². The fraction of sp³-hybridized carbons (Fsp3) is 0. The third-order valence-corrected chi connectivity index (χ3v) is 3.14. The number of amides is 1. The Kier molecular flexibility index (Phi) is 4.47. The van der Waals surface area contributed by atoms with Crippen molar-refractivity contribution >= 4 is 11.6 Å². The number of hydrogen-bond donors (Lipinski definition) is 1. The van der Waals surface area contributed by atoms with Gasteiger partial charge in [0, 0.05) is 23.9 Å². The molecular formula is C18H12F2N2O2. The van der Waals surface area contributed by atoms with E-state index in [4.69, 9.17) is 4.74 Å². The number of carbonyl (C=O) groups excluding carboxylic acids is 1. The number of rotatable bonds is 4. The summed E-state index contributed by atoms with van der Waals surface area (Å²) in [7, 11) is 0. The van der Waals surface area contributed by atoms with Crippen LogP contribution >= 0.6 is 0 Å². The Bertz CT molecular complexity index is 870. The molecule has 6 heteroatoms. The lowest BCUT2D eigenvalue weighted by atomic mass is 10.2. The van der Waals surface area contributed by atoms with Crippen LogP contribution in [0.4, 0.5) is 14.5 Å². The van der Waals surface area contributed by atoms with Crippen LogP contribution in [0.15, 0.2) is 66.9 Å². The summed E-state index contributed by atoms with van der Waals surface area (Å²) in [5, 5.41) is 2.39. The number of ether oxygens (including phenoxy) is 1. The first-order chi connectivity index (χ1) is 11.6. The molecule has 0 aliphatic rings. The topological polar surface area (TPSA) is 51.2 Å². The maximum atomic E-state index is 13.6. The van der Waals surface area contributed by atoms with E-state index < -0.39 is 17.5 Å². The Hall–Kier alpha value is -3.28. The van der Waals surface area contributed by atoms with Crippen LogP contribution in [-0.4, -0.2) is 10.9 Å². The van der Waals surface area contributed by atoms with Crippen LogP contribution in [0.1, 0.15) is 10.4 Å². The van der Waals surface area contributed by atoms with Crippen molar-refractivity contribution in [2.24, 2.45) is 0 Å². The third-order valence-electron chi connectivity index (χ3n) is 3.14. The normalized spacial score (nSPS) is 10.2. The first-order valence-electron chi connectivity index (χ1n) is 7.07. The lowest BCUT2D eigenvalue weighted by Gasteiger charge is -2.08. The van der Waals surface area contributed by atoms with Crippen molar-refractivity contribution in [3.63, 3.8) is 0 Å². The van der Waals surface area contributed by atoms with E-state index in [2.05, 4.69) is 10.3 Å². The van der Waals surface area contributed by atoms with Gasteiger partial charge in [-0.05, 0) is 36.4 Å². The number of nitrogens with one attached hydrogen (secondary N) is 1. The molecule has 0 atom stereocenters. The number of anilines is 1. The summed E-state index contributed by atoms with van der Waals surface area (Å²) in [6.45, 7) is 0. The molecule has 120 valence electrons. The molecule has 1 amide bonds. The number of carbonyl (C=O) groups is 1. The summed E-state index contributed by atoms with van der Waals surface area (Å²) >= 11 is 0. The molecule has 1 heterocycles. The molecule has 24 heavy (non-hydrogen) atoms. The predicted molar refractivity (Wildman–Crippen MR) is 85.1 cm³/mol. The highest BCUT2D eigenvalue weighted by Gasteiger charge is 2.11. The van der Waals surface area contributed by atoms with Gasteiger partial charge in [0.05, 0.1) is 5.69 Å². The zero-order valence-electron chi connectivity index (χ0n) is 12.4. The Morgan fingerprint density at radius 1 is 1.00 bits per heavy atom. The molecular weight excluding hydrogens is 314 g/mol. The maximum Gasteiger partial charge on any atom is 0.255 e. The first kappa shape index (κ1) is 15.6. The largest absolute Gasteiger partial charge is 0.439 e. The van der Waals surface area contributed by atoms with Crippen LogP contribution in [0, 0.1) is 11.6 Å². The van der Waals surface area contributed by atoms with Crippen molar-refractivity contribution in [3.8, 4) is 11.6 Å². The summed E-state index contributed by atoms with van der Waals surface area (Å²) in [4.78, 5) is 16.2. The molecule has 0 radical (unpaired) electrons. The van der Waals surface area contributed by atoms with E-state index in [0.717, 1.165) is 12.1 Å². The summed E-state index contributed by atoms with van der Waals surface area (Å²) in [5.41, 5.74) is 0.171. The summed E-state index contributed by atoms with van der Waals surface area (Å²) in [6, 6.07) is 14.5. The standard InChI is InChI=1S/C18H12F2N2O2/c19-13-7-8-16(15(20)11-13)22-18(23)12-4-3-5-14(10-12)24-17-6-1-2-9-21-17/h1-11H,(H,22,23). The summed E-state index contributed by atoms with van der Waals surface area (Å²) in [6.07, 6.45) is 1.59. The number of nitrogens with zero attached hydrogens (tertiary/aromatic N) is 1. The van der Waals surface area contributed by atoms with Gasteiger partial charge in [-0.3, -0.25) is 4.79 Å². The van der Waals surface area contributed by atoms with E-state index in [0.29, 0.717) is 17.7 Å². The average Bonchev–Trinajstić information content (AvgIpc) is 2.58. The maximum absolute atomic E-state index is 13.6. The average molecular weight is 326 g/mol. The molecule has 0 saturated carbocycles. The summed E-state index contributed by atoms with van der Waals surface area (Å²) < 4.78 is 32.0. The zero-order chi connectivity index (χ0) is 16.9. The molecule has 2 aromatic carbocycles. The smallest absolute Gasteiger partial charge is 0.255 e. The highest BCUT2D eigenvalue weighted by atomic mass is 19.1. The van der Waals surface area contributed by atoms with Crippen LogP contribution < -0.4 is 10.1 Å². The quantitative estimate of drug-likeness (QED) is 0.773. The van der Waals surface area contributed by atoms with Crippen molar-refractivity contribution in [1.29, 1.82) is 0 Å². The molecule has 3 rings (SSSR count). The highest BCUT2D eigenvalue weighted by molar-refractivity contribution is 6.04. The minimum absolute atomic E-state index is 0.0996. The fourth-order valence-electron chi connectivity index (χ4n) is 2.01. The summed E-state index contributed by atoms with van der Waals surface area (Å²) in [5.74, 6) is -1.28. The van der Waals surface area contributed by atoms with Crippen molar-refractivity contribution in [1.82, 2.24) is 4.98 Å². The molecule has 0 fully saturated rings. The molecule has 0 aliphatic carbocycles. The molecule has 1 aromatic heterocycles. The molecule has 0 unspecified atom stereocenters. The van der Waals surface area contributed by atoms with Gasteiger partial charge >= 0.3 is 0 Å². The van der Waals surface area contributed by atoms with Crippen LogP contribution in [0.2, 0.25) is 0 Å². The fourth-order valence-corrected chi connectivity index (χ4v) is 2.01. The number of halogens is 2. The SMILES string of the molecule is O=C(Nc1ccc(F)cc1F)c1cccc(Oc2ccccn2)c1. The molecule has 0 aliphatic heterocycles. The molecule has 3 aromatic rings. The van der Waals surface area contributed by atoms with Crippen LogP contribution in [0.5, 0.6) is 11.6 Å². The molecule has 0 saturated heterocycles. The van der Waals surface area contributed by atoms with Crippen molar-refractivity contribution in [2.75, 3.05) is 5.32 Å². The Labute approximate surface area is 136 Å². The van der Waals surface area contributed by atoms with E-state index in [-0.39, 0.29) is 11.3 Å². The Balaban J connectivity index is 1.77. The van der Waals surface area contributed by atoms with Crippen LogP contribution in [0.3, 0.4) is 0 Å². The Morgan fingerprint density at radius 3 is 2.62 bits per heavy atom. The molecule has 0 bridgehead atoms. The number of benzene rings is 2. The third kappa shape index (κ3) is 3.73. The number of hydrogen-bond acceptors (Lipinski definition) is 3. The van der Waals surface area contributed by atoms with Gasteiger partial charge in [0.2, 0.25) is 5.88 Å². The minimum atomic E-state index is -0.843. The van der Waals surface area contributed by atoms with Gasteiger partial charge in [-0.15, -0.1) is 0 Å². The van der Waals surface area contributed by atoms with Crippen LogP contribution in [0.25, 0.3) is 0 Å². The van der Waals surface area contributed by atoms with Crippen molar-refractivity contribution in [2.45, 2.75) is 0 Å². The zero-order valence-corrected chi connectivity index (χ0v) is 12.4. The van der Waals surface area contributed by atoms with E-state index >= 15 is 0 Å². The second-order valence-corrected chi connectivity index (χ2v) is 4.88. The van der Waals surface area contributed by atoms with Gasteiger partial charge in [-0.1, -0.05) is 12.1 Å². The predicted octanol–water partition coefficient (Wildman–Crippen LogP) is 4.40. The molecule has 1 N–H and O–H groups in total. The number of pyridine rings is 1. The van der Waals surface area contributed by atoms with Gasteiger partial charge in [0.1, 0.15) is 17.4 Å². The van der Waals surface area contributed by atoms with Gasteiger partial charge in [0.15, 0.2) is 0 Å². The van der Waals surface area contributed by atoms with Crippen molar-refractivity contribution < 1.29 is 18.3 Å². The lowest BCUT2D eigenvalue weighted by Crippen LogP contribution is -2.13.